The maximum atomic E-state index is 13.5. The Bertz CT molecular complexity index is 563. The highest BCUT2D eigenvalue weighted by Crippen LogP contribution is 2.22. The second-order valence-corrected chi connectivity index (χ2v) is 3.34. The summed E-state index contributed by atoms with van der Waals surface area (Å²) < 4.78 is 13.5. The van der Waals surface area contributed by atoms with E-state index in [4.69, 9.17) is 5.11 Å². The molecule has 2 rings (SSSR count). The average Bonchev–Trinajstić information content (AvgIpc) is 2.30. The minimum absolute atomic E-state index is 0.183. The Labute approximate surface area is 91.2 Å². The molecular formula is C12H10FNO2. The average molecular weight is 219 g/mol. The van der Waals surface area contributed by atoms with Crippen LogP contribution < -0.4 is 5.56 Å². The molecule has 0 spiro atoms. The number of benzene rings is 1. The maximum Gasteiger partial charge on any atom is 0.256 e. The quantitative estimate of drug-likeness (QED) is 0.807. The van der Waals surface area contributed by atoms with E-state index < -0.39 is 11.4 Å². The van der Waals surface area contributed by atoms with Crippen LogP contribution in [0, 0.1) is 5.82 Å². The molecule has 0 saturated carbocycles. The van der Waals surface area contributed by atoms with Gasteiger partial charge in [0, 0.05) is 11.8 Å². The van der Waals surface area contributed by atoms with Gasteiger partial charge in [0.15, 0.2) is 0 Å². The molecule has 0 fully saturated rings. The van der Waals surface area contributed by atoms with Crippen molar-refractivity contribution >= 4 is 0 Å². The van der Waals surface area contributed by atoms with Crippen LogP contribution >= 0.6 is 0 Å². The summed E-state index contributed by atoms with van der Waals surface area (Å²) in [6.07, 6.45) is 1.43. The van der Waals surface area contributed by atoms with Crippen LogP contribution in [0.5, 0.6) is 0 Å². The zero-order valence-electron chi connectivity index (χ0n) is 8.40. The number of hydrogen-bond acceptors (Lipinski definition) is 2. The third kappa shape index (κ3) is 1.75. The third-order valence-corrected chi connectivity index (χ3v) is 2.36. The standard InChI is InChI=1S/C12H10FNO2/c13-10-4-2-1-3-9(10)11-8(7-15)5-6-14-12(11)16/h1-6,15H,7H2,(H,14,16). The van der Waals surface area contributed by atoms with Gasteiger partial charge in [0.05, 0.1) is 12.2 Å². The predicted molar refractivity (Wildman–Crippen MR) is 58.4 cm³/mol. The molecule has 0 aliphatic rings. The maximum absolute atomic E-state index is 13.5. The van der Waals surface area contributed by atoms with E-state index in [9.17, 15) is 9.18 Å². The van der Waals surface area contributed by atoms with Crippen molar-refractivity contribution in [2.75, 3.05) is 0 Å². The number of aromatic nitrogens is 1. The lowest BCUT2D eigenvalue weighted by molar-refractivity contribution is 0.282. The zero-order chi connectivity index (χ0) is 11.5. The van der Waals surface area contributed by atoms with Crippen LogP contribution in [0.3, 0.4) is 0 Å². The number of nitrogens with one attached hydrogen (secondary N) is 1. The Morgan fingerprint density at radius 3 is 2.69 bits per heavy atom. The first-order chi connectivity index (χ1) is 7.74. The summed E-state index contributed by atoms with van der Waals surface area (Å²) in [5.74, 6) is -0.478. The molecule has 0 saturated heterocycles. The van der Waals surface area contributed by atoms with Crippen LogP contribution in [0.4, 0.5) is 4.39 Å². The monoisotopic (exact) mass is 219 g/mol. The first-order valence-corrected chi connectivity index (χ1v) is 4.80. The van der Waals surface area contributed by atoms with Crippen LogP contribution in [-0.2, 0) is 6.61 Å². The van der Waals surface area contributed by atoms with Gasteiger partial charge >= 0.3 is 0 Å². The summed E-state index contributed by atoms with van der Waals surface area (Å²) in [5.41, 5.74) is 0.391. The molecule has 4 heteroatoms. The predicted octanol–water partition coefficient (Wildman–Crippen LogP) is 1.67. The van der Waals surface area contributed by atoms with E-state index in [2.05, 4.69) is 4.98 Å². The number of aliphatic hydroxyl groups is 1. The molecular weight excluding hydrogens is 209 g/mol. The van der Waals surface area contributed by atoms with E-state index in [1.54, 1.807) is 18.2 Å². The van der Waals surface area contributed by atoms with Gasteiger partial charge in [0.2, 0.25) is 0 Å². The largest absolute Gasteiger partial charge is 0.392 e. The van der Waals surface area contributed by atoms with Crippen molar-refractivity contribution in [3.8, 4) is 11.1 Å². The number of aliphatic hydroxyl groups excluding tert-OH is 1. The van der Waals surface area contributed by atoms with Gasteiger partial charge in [-0.3, -0.25) is 4.79 Å². The molecule has 1 aromatic heterocycles. The van der Waals surface area contributed by atoms with Crippen molar-refractivity contribution in [2.24, 2.45) is 0 Å². The minimum atomic E-state index is -0.478. The molecule has 0 unspecified atom stereocenters. The molecule has 0 bridgehead atoms. The topological polar surface area (TPSA) is 53.1 Å². The normalized spacial score (nSPS) is 10.4. The Morgan fingerprint density at radius 2 is 2.00 bits per heavy atom. The van der Waals surface area contributed by atoms with Gasteiger partial charge in [-0.2, -0.15) is 0 Å². The number of pyridine rings is 1. The van der Waals surface area contributed by atoms with Gasteiger partial charge in [0.1, 0.15) is 5.82 Å². The molecule has 82 valence electrons. The van der Waals surface area contributed by atoms with E-state index in [-0.39, 0.29) is 17.7 Å². The number of aromatic amines is 1. The van der Waals surface area contributed by atoms with Gasteiger partial charge in [-0.05, 0) is 17.7 Å². The van der Waals surface area contributed by atoms with Crippen LogP contribution in [-0.4, -0.2) is 10.1 Å². The number of rotatable bonds is 2. The molecule has 0 amide bonds. The van der Waals surface area contributed by atoms with Gasteiger partial charge in [-0.15, -0.1) is 0 Å². The summed E-state index contributed by atoms with van der Waals surface area (Å²) in [5, 5.41) is 9.12. The SMILES string of the molecule is O=c1[nH]ccc(CO)c1-c1ccccc1F. The van der Waals surface area contributed by atoms with Crippen molar-refractivity contribution in [3.05, 3.63) is 58.3 Å². The van der Waals surface area contributed by atoms with E-state index >= 15 is 0 Å². The first kappa shape index (κ1) is 10.6. The van der Waals surface area contributed by atoms with Crippen molar-refractivity contribution in [1.29, 1.82) is 0 Å². The molecule has 0 radical (unpaired) electrons. The highest BCUT2D eigenvalue weighted by Gasteiger charge is 2.12. The molecule has 1 heterocycles. The summed E-state index contributed by atoms with van der Waals surface area (Å²) in [6.45, 7) is -0.298. The van der Waals surface area contributed by atoms with Crippen molar-refractivity contribution < 1.29 is 9.50 Å². The van der Waals surface area contributed by atoms with Crippen LogP contribution in [0.2, 0.25) is 0 Å². The van der Waals surface area contributed by atoms with Crippen molar-refractivity contribution in [3.63, 3.8) is 0 Å². The molecule has 0 aliphatic heterocycles. The second kappa shape index (κ2) is 4.28. The van der Waals surface area contributed by atoms with E-state index in [1.807, 2.05) is 0 Å². The fraction of sp³-hybridized carbons (Fsp3) is 0.0833. The van der Waals surface area contributed by atoms with Crippen LogP contribution in [0.25, 0.3) is 11.1 Å². The van der Waals surface area contributed by atoms with E-state index in [1.165, 1.54) is 18.3 Å². The number of halogens is 1. The Kier molecular flexibility index (Phi) is 2.83. The Morgan fingerprint density at radius 1 is 1.25 bits per heavy atom. The lowest BCUT2D eigenvalue weighted by atomic mass is 10.0. The zero-order valence-corrected chi connectivity index (χ0v) is 8.40. The molecule has 3 nitrogen and oxygen atoms in total. The highest BCUT2D eigenvalue weighted by atomic mass is 19.1. The number of hydrogen-bond donors (Lipinski definition) is 2. The molecule has 2 N–H and O–H groups in total. The van der Waals surface area contributed by atoms with Crippen LogP contribution in [0.15, 0.2) is 41.3 Å². The molecule has 0 aliphatic carbocycles. The van der Waals surface area contributed by atoms with Crippen molar-refractivity contribution in [2.45, 2.75) is 6.61 Å². The van der Waals surface area contributed by atoms with Gasteiger partial charge < -0.3 is 10.1 Å². The first-order valence-electron chi connectivity index (χ1n) is 4.80. The second-order valence-electron chi connectivity index (χ2n) is 3.34. The summed E-state index contributed by atoms with van der Waals surface area (Å²) in [6, 6.07) is 7.55. The van der Waals surface area contributed by atoms with Gasteiger partial charge in [0.25, 0.3) is 5.56 Å². The summed E-state index contributed by atoms with van der Waals surface area (Å²) in [4.78, 5) is 14.1. The lowest BCUT2D eigenvalue weighted by Crippen LogP contribution is -2.11. The minimum Gasteiger partial charge on any atom is -0.392 e. The third-order valence-electron chi connectivity index (χ3n) is 2.36. The molecule has 16 heavy (non-hydrogen) atoms. The van der Waals surface area contributed by atoms with E-state index in [0.717, 1.165) is 0 Å². The summed E-state index contributed by atoms with van der Waals surface area (Å²) >= 11 is 0. The Balaban J connectivity index is 2.73. The van der Waals surface area contributed by atoms with Crippen molar-refractivity contribution in [1.82, 2.24) is 4.98 Å². The fourth-order valence-electron chi connectivity index (χ4n) is 1.61. The lowest BCUT2D eigenvalue weighted by Gasteiger charge is -2.06. The van der Waals surface area contributed by atoms with Crippen LogP contribution in [0.1, 0.15) is 5.56 Å². The number of H-pyrrole nitrogens is 1. The summed E-state index contributed by atoms with van der Waals surface area (Å²) in [7, 11) is 0. The smallest absolute Gasteiger partial charge is 0.256 e. The molecule has 0 atom stereocenters. The fourth-order valence-corrected chi connectivity index (χ4v) is 1.61. The molecule has 1 aromatic carbocycles. The Hall–Kier alpha value is -1.94. The molecule has 2 aromatic rings. The highest BCUT2D eigenvalue weighted by molar-refractivity contribution is 5.66. The van der Waals surface area contributed by atoms with Gasteiger partial charge in [-0.25, -0.2) is 4.39 Å². The van der Waals surface area contributed by atoms with Gasteiger partial charge in [-0.1, -0.05) is 18.2 Å². The van der Waals surface area contributed by atoms with E-state index in [0.29, 0.717) is 5.56 Å².